The monoisotopic (exact) mass is 427 g/mol. The minimum absolute atomic E-state index is 0.109. The van der Waals surface area contributed by atoms with Crippen LogP contribution in [0.25, 0.3) is 11.4 Å². The summed E-state index contributed by atoms with van der Waals surface area (Å²) >= 11 is 2.99. The van der Waals surface area contributed by atoms with Crippen LogP contribution in [0.2, 0.25) is 0 Å². The average molecular weight is 428 g/mol. The molecule has 6 nitrogen and oxygen atoms in total. The molecule has 0 saturated heterocycles. The van der Waals surface area contributed by atoms with Gasteiger partial charge in [0.15, 0.2) is 16.1 Å². The molecule has 0 fully saturated rings. The van der Waals surface area contributed by atoms with Crippen molar-refractivity contribution in [3.63, 3.8) is 0 Å². The summed E-state index contributed by atoms with van der Waals surface area (Å²) < 4.78 is 2.06. The van der Waals surface area contributed by atoms with Crippen molar-refractivity contribution in [3.8, 4) is 11.4 Å². The molecule has 1 amide bonds. The largest absolute Gasteiger partial charge is 0.302 e. The minimum Gasteiger partial charge on any atom is -0.302 e. The molecule has 1 aromatic carbocycles. The molecule has 0 aliphatic carbocycles. The quantitative estimate of drug-likeness (QED) is 0.418. The summed E-state index contributed by atoms with van der Waals surface area (Å²) in [5.74, 6) is 1.35. The van der Waals surface area contributed by atoms with Crippen molar-refractivity contribution >= 4 is 34.1 Å². The number of amides is 1. The van der Waals surface area contributed by atoms with Crippen LogP contribution in [0.1, 0.15) is 39.0 Å². The molecule has 0 radical (unpaired) electrons. The van der Waals surface area contributed by atoms with E-state index in [4.69, 9.17) is 0 Å². The predicted molar refractivity (Wildman–Crippen MR) is 120 cm³/mol. The maximum atomic E-state index is 11.2. The number of carbonyl (C=O) groups excluding carboxylic acids is 1. The fourth-order valence-electron chi connectivity index (χ4n) is 2.74. The van der Waals surface area contributed by atoms with Gasteiger partial charge in [0.1, 0.15) is 0 Å². The van der Waals surface area contributed by atoms with Crippen molar-refractivity contribution < 1.29 is 4.79 Å². The molecule has 0 spiro atoms. The van der Waals surface area contributed by atoms with Gasteiger partial charge in [-0.2, -0.15) is 0 Å². The van der Waals surface area contributed by atoms with Gasteiger partial charge in [0.25, 0.3) is 0 Å². The highest BCUT2D eigenvalue weighted by atomic mass is 32.2. The second kappa shape index (κ2) is 8.92. The molecule has 0 unspecified atom stereocenters. The van der Waals surface area contributed by atoms with E-state index < -0.39 is 0 Å². The predicted octanol–water partition coefficient (Wildman–Crippen LogP) is 5.14. The molecule has 1 N–H and O–H groups in total. The maximum absolute atomic E-state index is 11.2. The Bertz CT molecular complexity index is 999. The lowest BCUT2D eigenvalue weighted by atomic mass is 9.87. The summed E-state index contributed by atoms with van der Waals surface area (Å²) in [7, 11) is 0. The Morgan fingerprint density at radius 1 is 1.28 bits per heavy atom. The number of anilines is 1. The number of thioether (sulfide) groups is 1. The normalized spacial score (nSPS) is 11.4. The van der Waals surface area contributed by atoms with Crippen LogP contribution in [-0.4, -0.2) is 25.7 Å². The second-order valence-electron chi connectivity index (χ2n) is 7.65. The number of nitrogens with zero attached hydrogens (tertiary/aromatic N) is 4. The first-order valence-corrected chi connectivity index (χ1v) is 11.1. The first-order chi connectivity index (χ1) is 13.8. The maximum Gasteiger partial charge on any atom is 0.223 e. The smallest absolute Gasteiger partial charge is 0.223 e. The molecule has 2 heterocycles. The molecule has 0 aliphatic heterocycles. The standard InChI is InChI=1S/C21H25N5OS2/c1-6-11-26-18(15-7-9-16(10-8-15)21(3,4)5)24-25-20(26)29-13-17-12-28-19(23-17)22-14(2)27/h6-10,12H,1,11,13H2,2-5H3,(H,22,23,27). The summed E-state index contributed by atoms with van der Waals surface area (Å²) in [6.07, 6.45) is 1.85. The van der Waals surface area contributed by atoms with E-state index in [0.29, 0.717) is 17.4 Å². The van der Waals surface area contributed by atoms with Crippen LogP contribution in [-0.2, 0) is 22.5 Å². The van der Waals surface area contributed by atoms with Crippen molar-refractivity contribution in [1.82, 2.24) is 19.7 Å². The minimum atomic E-state index is -0.119. The second-order valence-corrected chi connectivity index (χ2v) is 9.45. The fraction of sp³-hybridized carbons (Fsp3) is 0.333. The number of hydrogen-bond donors (Lipinski definition) is 1. The molecule has 0 atom stereocenters. The van der Waals surface area contributed by atoms with E-state index in [-0.39, 0.29) is 11.3 Å². The Labute approximate surface area is 179 Å². The molecule has 3 rings (SSSR count). The third-order valence-electron chi connectivity index (χ3n) is 4.22. The van der Waals surface area contributed by atoms with E-state index in [1.807, 2.05) is 11.5 Å². The van der Waals surface area contributed by atoms with Gasteiger partial charge in [-0.3, -0.25) is 9.36 Å². The van der Waals surface area contributed by atoms with E-state index >= 15 is 0 Å². The van der Waals surface area contributed by atoms with Crippen molar-refractivity contribution in [2.45, 2.75) is 50.6 Å². The Morgan fingerprint density at radius 2 is 2.00 bits per heavy atom. The van der Waals surface area contributed by atoms with Crippen LogP contribution >= 0.6 is 23.1 Å². The highest BCUT2D eigenvalue weighted by molar-refractivity contribution is 7.98. The molecule has 0 bridgehead atoms. The first kappa shape index (κ1) is 21.3. The third-order valence-corrected chi connectivity index (χ3v) is 6.03. The van der Waals surface area contributed by atoms with Crippen molar-refractivity contribution in [3.05, 3.63) is 53.6 Å². The highest BCUT2D eigenvalue weighted by Crippen LogP contribution is 2.29. The summed E-state index contributed by atoms with van der Waals surface area (Å²) in [6.45, 7) is 12.6. The van der Waals surface area contributed by atoms with Gasteiger partial charge in [0.05, 0.1) is 5.69 Å². The van der Waals surface area contributed by atoms with Crippen molar-refractivity contribution in [2.24, 2.45) is 0 Å². The average Bonchev–Trinajstić information content (AvgIpc) is 3.26. The number of benzene rings is 1. The molecule has 29 heavy (non-hydrogen) atoms. The van der Waals surface area contributed by atoms with Gasteiger partial charge >= 0.3 is 0 Å². The van der Waals surface area contributed by atoms with Gasteiger partial charge < -0.3 is 5.32 Å². The molecular weight excluding hydrogens is 402 g/mol. The lowest BCUT2D eigenvalue weighted by molar-refractivity contribution is -0.114. The third kappa shape index (κ3) is 5.33. The van der Waals surface area contributed by atoms with Crippen molar-refractivity contribution in [2.75, 3.05) is 5.32 Å². The highest BCUT2D eigenvalue weighted by Gasteiger charge is 2.17. The zero-order chi connectivity index (χ0) is 21.0. The van der Waals surface area contributed by atoms with Crippen LogP contribution in [0, 0.1) is 0 Å². The summed E-state index contributed by atoms with van der Waals surface area (Å²) in [6, 6.07) is 8.49. The van der Waals surface area contributed by atoms with E-state index in [1.54, 1.807) is 11.8 Å². The summed E-state index contributed by atoms with van der Waals surface area (Å²) in [4.78, 5) is 15.6. The molecule has 152 valence electrons. The van der Waals surface area contributed by atoms with E-state index in [2.05, 4.69) is 76.7 Å². The van der Waals surface area contributed by atoms with Crippen LogP contribution in [0.5, 0.6) is 0 Å². The van der Waals surface area contributed by atoms with Gasteiger partial charge in [-0.05, 0) is 11.0 Å². The van der Waals surface area contributed by atoms with Crippen LogP contribution in [0.15, 0.2) is 47.5 Å². The molecule has 3 aromatic rings. The number of nitrogens with one attached hydrogen (secondary N) is 1. The zero-order valence-corrected chi connectivity index (χ0v) is 18.7. The van der Waals surface area contributed by atoms with E-state index in [0.717, 1.165) is 22.2 Å². The molecular formula is C21H25N5OS2. The van der Waals surface area contributed by atoms with Crippen LogP contribution in [0.3, 0.4) is 0 Å². The molecule has 8 heteroatoms. The first-order valence-electron chi connectivity index (χ1n) is 9.27. The Kier molecular flexibility index (Phi) is 6.54. The van der Waals surface area contributed by atoms with Gasteiger partial charge in [-0.1, -0.05) is 62.9 Å². The Hall–Kier alpha value is -2.45. The number of hydrogen-bond acceptors (Lipinski definition) is 6. The summed E-state index contributed by atoms with van der Waals surface area (Å²) in [5, 5.41) is 14.9. The van der Waals surface area contributed by atoms with Gasteiger partial charge in [-0.25, -0.2) is 4.98 Å². The number of carbonyl (C=O) groups is 1. The van der Waals surface area contributed by atoms with Crippen molar-refractivity contribution in [1.29, 1.82) is 0 Å². The SMILES string of the molecule is C=CCn1c(SCc2csc(NC(C)=O)n2)nnc1-c1ccc(C(C)(C)C)cc1. The van der Waals surface area contributed by atoms with Crippen LogP contribution in [0.4, 0.5) is 5.13 Å². The molecule has 0 saturated carbocycles. The van der Waals surface area contributed by atoms with Gasteiger partial charge in [-0.15, -0.1) is 28.1 Å². The fourth-order valence-corrected chi connectivity index (χ4v) is 4.44. The van der Waals surface area contributed by atoms with E-state index in [1.165, 1.54) is 23.8 Å². The van der Waals surface area contributed by atoms with Gasteiger partial charge in [0.2, 0.25) is 5.91 Å². The van der Waals surface area contributed by atoms with E-state index in [9.17, 15) is 4.79 Å². The molecule has 0 aliphatic rings. The van der Waals surface area contributed by atoms with Crippen LogP contribution < -0.4 is 5.32 Å². The number of aromatic nitrogens is 4. The molecule has 2 aromatic heterocycles. The number of allylic oxidation sites excluding steroid dienone is 1. The Morgan fingerprint density at radius 3 is 2.62 bits per heavy atom. The Balaban J connectivity index is 1.78. The summed E-state index contributed by atoms with van der Waals surface area (Å²) in [5.41, 5.74) is 3.32. The number of rotatable bonds is 7. The number of thiazole rings is 1. The topological polar surface area (TPSA) is 72.7 Å². The lowest BCUT2D eigenvalue weighted by Gasteiger charge is -2.19. The zero-order valence-electron chi connectivity index (χ0n) is 17.1. The lowest BCUT2D eigenvalue weighted by Crippen LogP contribution is -2.10. The van der Waals surface area contributed by atoms with Gasteiger partial charge in [0, 0.05) is 30.2 Å².